The van der Waals surface area contributed by atoms with Gasteiger partial charge in [-0.05, 0) is 144 Å². The van der Waals surface area contributed by atoms with Gasteiger partial charge < -0.3 is 40.9 Å². The Labute approximate surface area is 536 Å². The van der Waals surface area contributed by atoms with E-state index in [1.807, 2.05) is 111 Å². The minimum atomic E-state index is -2.04. The van der Waals surface area contributed by atoms with Gasteiger partial charge in [0.2, 0.25) is 0 Å². The molecule has 0 unspecified atom stereocenters. The number of benzene rings is 8. The minimum absolute atomic E-state index is 0. The average molecular weight is 1250 g/mol. The molecular weight excluding hydrogens is 1160 g/mol. The highest BCUT2D eigenvalue weighted by Gasteiger charge is 2.47. The molecule has 488 valence electrons. The number of aromatic hydroxyl groups is 8. The summed E-state index contributed by atoms with van der Waals surface area (Å²) in [6, 6.07) is 32.3. The number of phenolic OH excluding ortho intramolecular Hbond substituents is 8. The van der Waals surface area contributed by atoms with Crippen molar-refractivity contribution in [3.05, 3.63) is 235 Å². The summed E-state index contributed by atoms with van der Waals surface area (Å²) in [7, 11) is 0. The van der Waals surface area contributed by atoms with Crippen molar-refractivity contribution in [3.8, 4) is 46.0 Å². The summed E-state index contributed by atoms with van der Waals surface area (Å²) in [4.78, 5) is 94.0. The van der Waals surface area contributed by atoms with Gasteiger partial charge in [-0.3, -0.25) is 38.4 Å². The molecule has 8 N–H and O–H groups in total. The maximum Gasteiger partial charge on any atom is 0.153 e. The second kappa shape index (κ2) is 44.0. The Morgan fingerprint density at radius 2 is 0.385 bits per heavy atom. The van der Waals surface area contributed by atoms with E-state index in [2.05, 4.69) is 0 Å². The number of hydrogen-bond acceptors (Lipinski definition) is 16. The minimum Gasteiger partial charge on any atom is -0.508 e. The Balaban J connectivity index is -0.00000138. The second-order valence-corrected chi connectivity index (χ2v) is 16.6. The Morgan fingerprint density at radius 1 is 0.220 bits per heavy atom. The molecule has 0 aliphatic heterocycles. The van der Waals surface area contributed by atoms with Crippen LogP contribution >= 0.6 is 0 Å². The molecule has 8 aromatic carbocycles. The predicted octanol–water partition coefficient (Wildman–Crippen LogP) is 17.1. The summed E-state index contributed by atoms with van der Waals surface area (Å²) in [5.74, 6) is -2.78. The summed E-state index contributed by atoms with van der Waals surface area (Å²) >= 11 is 0. The van der Waals surface area contributed by atoms with Gasteiger partial charge in [0.1, 0.15) is 71.1 Å². The largest absolute Gasteiger partial charge is 0.508 e. The van der Waals surface area contributed by atoms with E-state index < -0.39 is 33.8 Å². The lowest BCUT2D eigenvalue weighted by molar-refractivity contribution is 0.111. The SMILES string of the molecule is C.CC.CC.CC.CC.CC.CC.CC.CC.O=Cc1cc(C(c2ccc(O)c(C=O)c2)(c2ccc(O)c(C=O)c2)c2ccc(O)c(C=O)c2)ccc1O.O=Cc1ccc(O)c(C(c2cc(C=O)ccc2O)(c2cc(C=O)ccc2O)c2cc(C=O)ccc2O)c1. The van der Waals surface area contributed by atoms with Crippen LogP contribution in [0.15, 0.2) is 146 Å². The van der Waals surface area contributed by atoms with Crippen LogP contribution in [0.5, 0.6) is 46.0 Å². The zero-order valence-electron chi connectivity index (χ0n) is 54.3. The summed E-state index contributed by atoms with van der Waals surface area (Å²) in [6.45, 7) is 32.0. The number of carbonyl (C=O) groups excluding carboxylic acids is 8. The second-order valence-electron chi connectivity index (χ2n) is 16.6. The lowest BCUT2D eigenvalue weighted by Crippen LogP contribution is -2.32. The molecule has 0 saturated carbocycles. The van der Waals surface area contributed by atoms with Crippen LogP contribution in [-0.2, 0) is 10.8 Å². The fourth-order valence-corrected chi connectivity index (χ4v) is 9.11. The van der Waals surface area contributed by atoms with Gasteiger partial charge in [-0.1, -0.05) is 142 Å². The predicted molar refractivity (Wildman–Crippen MR) is 363 cm³/mol. The molecule has 0 aliphatic carbocycles. The van der Waals surface area contributed by atoms with Crippen LogP contribution in [0.4, 0.5) is 0 Å². The summed E-state index contributed by atoms with van der Waals surface area (Å²) in [5.41, 5.74) is -2.22. The van der Waals surface area contributed by atoms with E-state index in [-0.39, 0.29) is 97.2 Å². The van der Waals surface area contributed by atoms with Crippen LogP contribution in [0, 0.1) is 0 Å². The number of rotatable bonds is 16. The Bertz CT molecular complexity index is 3110. The molecule has 0 fully saturated rings. The molecule has 16 nitrogen and oxygen atoms in total. The standard InChI is InChI=1S/2C29H20O8.8C2H6.CH4/c30-13-17-9-21(1-5-25(17)34)29(22-2-6-26(35)18(10-22)14-31,23-3-7-27(36)19(11-23)15-32)24-4-8-28(37)20(12-24)16-33;30-13-17-1-5-25(34)21(9-17)29(22-10-18(14-31)2-6-26(22)35,23-11-19(15-32)3-7-27(23)36)24-12-20(16-33)4-8-28(24)37;8*1-2;/h2*1-16,34-37H;8*1-2H3;1H4. The van der Waals surface area contributed by atoms with Crippen molar-refractivity contribution in [1.82, 2.24) is 0 Å². The Hall–Kier alpha value is -10.5. The summed E-state index contributed by atoms with van der Waals surface area (Å²) in [5, 5.41) is 85.3. The fourth-order valence-electron chi connectivity index (χ4n) is 9.11. The Kier molecular flexibility index (Phi) is 41.0. The monoisotopic (exact) mass is 1250 g/mol. The molecule has 0 atom stereocenters. The molecular formula is C75H92O16. The highest BCUT2D eigenvalue weighted by molar-refractivity contribution is 5.87. The van der Waals surface area contributed by atoms with Gasteiger partial charge in [0.15, 0.2) is 25.1 Å². The lowest BCUT2D eigenvalue weighted by atomic mass is 9.63. The highest BCUT2D eigenvalue weighted by atomic mass is 16.3. The van der Waals surface area contributed by atoms with Crippen molar-refractivity contribution in [2.75, 3.05) is 0 Å². The maximum absolute atomic E-state index is 11.8. The summed E-state index contributed by atoms with van der Waals surface area (Å²) < 4.78 is 0. The van der Waals surface area contributed by atoms with Crippen molar-refractivity contribution in [1.29, 1.82) is 0 Å². The molecule has 0 aliphatic rings. The van der Waals surface area contributed by atoms with Crippen LogP contribution < -0.4 is 0 Å². The highest BCUT2D eigenvalue weighted by Crippen LogP contribution is 2.56. The number of aldehydes is 8. The molecule has 91 heavy (non-hydrogen) atoms. The molecule has 8 aromatic rings. The van der Waals surface area contributed by atoms with Crippen LogP contribution in [0.1, 0.15) is 246 Å². The van der Waals surface area contributed by atoms with E-state index in [4.69, 9.17) is 0 Å². The van der Waals surface area contributed by atoms with E-state index in [1.54, 1.807) is 0 Å². The van der Waals surface area contributed by atoms with Gasteiger partial charge in [0.25, 0.3) is 0 Å². The van der Waals surface area contributed by atoms with Gasteiger partial charge in [0, 0.05) is 44.5 Å². The van der Waals surface area contributed by atoms with Gasteiger partial charge in [-0.15, -0.1) is 0 Å². The van der Waals surface area contributed by atoms with Crippen molar-refractivity contribution < 1.29 is 79.2 Å². The molecule has 0 spiro atoms. The topological polar surface area (TPSA) is 298 Å². The number of carbonyl (C=O) groups is 8. The molecule has 16 heteroatoms. The smallest absolute Gasteiger partial charge is 0.153 e. The molecule has 0 saturated heterocycles. The van der Waals surface area contributed by atoms with E-state index in [1.165, 1.54) is 146 Å². The normalized spacial score (nSPS) is 9.49. The van der Waals surface area contributed by atoms with E-state index in [0.717, 1.165) is 0 Å². The van der Waals surface area contributed by atoms with Gasteiger partial charge in [-0.25, -0.2) is 0 Å². The third-order valence-electron chi connectivity index (χ3n) is 12.6. The molecule has 0 bridgehead atoms. The molecule has 0 aromatic heterocycles. The molecule has 0 heterocycles. The van der Waals surface area contributed by atoms with Crippen LogP contribution in [-0.4, -0.2) is 91.1 Å². The average Bonchev–Trinajstić information content (AvgIpc) is 0.866. The van der Waals surface area contributed by atoms with Gasteiger partial charge in [-0.2, -0.15) is 0 Å². The lowest BCUT2D eigenvalue weighted by Gasteiger charge is -2.38. The third-order valence-corrected chi connectivity index (χ3v) is 12.6. The zero-order chi connectivity index (χ0) is 69.5. The first-order valence-corrected chi connectivity index (χ1v) is 29.9. The Morgan fingerprint density at radius 3 is 0.538 bits per heavy atom. The molecule has 0 radical (unpaired) electrons. The van der Waals surface area contributed by atoms with Gasteiger partial charge >= 0.3 is 0 Å². The first-order chi connectivity index (χ1) is 43.6. The van der Waals surface area contributed by atoms with Gasteiger partial charge in [0.05, 0.1) is 33.1 Å². The maximum atomic E-state index is 11.8. The summed E-state index contributed by atoms with van der Waals surface area (Å²) in [6.07, 6.45) is 3.88. The first-order valence-electron chi connectivity index (χ1n) is 29.9. The molecule has 8 rings (SSSR count). The van der Waals surface area contributed by atoms with E-state index in [0.29, 0.717) is 72.5 Å². The fraction of sp³-hybridized carbons (Fsp3) is 0.253. The van der Waals surface area contributed by atoms with Crippen LogP contribution in [0.3, 0.4) is 0 Å². The van der Waals surface area contributed by atoms with E-state index >= 15 is 0 Å². The van der Waals surface area contributed by atoms with Crippen molar-refractivity contribution in [2.45, 2.75) is 129 Å². The van der Waals surface area contributed by atoms with Crippen molar-refractivity contribution >= 4 is 50.3 Å². The number of hydrogen-bond donors (Lipinski definition) is 8. The third kappa shape index (κ3) is 19.3. The first kappa shape index (κ1) is 84.7. The quantitative estimate of drug-likeness (QED) is 0.0329. The number of phenols is 8. The van der Waals surface area contributed by atoms with Crippen molar-refractivity contribution in [3.63, 3.8) is 0 Å². The van der Waals surface area contributed by atoms with Crippen LogP contribution in [0.25, 0.3) is 0 Å². The van der Waals surface area contributed by atoms with Crippen LogP contribution in [0.2, 0.25) is 0 Å². The van der Waals surface area contributed by atoms with Crippen molar-refractivity contribution in [2.24, 2.45) is 0 Å². The van der Waals surface area contributed by atoms with E-state index in [9.17, 15) is 79.2 Å². The molecule has 0 amide bonds. The zero-order valence-corrected chi connectivity index (χ0v) is 54.3.